The van der Waals surface area contributed by atoms with Crippen molar-refractivity contribution in [2.45, 2.75) is 19.1 Å². The lowest BCUT2D eigenvalue weighted by molar-refractivity contribution is 0.874. The molecule has 1 aromatic rings. The van der Waals surface area contributed by atoms with Gasteiger partial charge in [0.25, 0.3) is 0 Å². The molecule has 0 aliphatic rings. The second-order valence-electron chi connectivity index (χ2n) is 2.37. The number of hydrogen-bond donors (Lipinski definition) is 2. The van der Waals surface area contributed by atoms with Gasteiger partial charge in [-0.05, 0) is 12.3 Å². The van der Waals surface area contributed by atoms with Crippen LogP contribution in [0.25, 0.3) is 0 Å². The van der Waals surface area contributed by atoms with Gasteiger partial charge in [-0.3, -0.25) is 5.10 Å². The van der Waals surface area contributed by atoms with Crippen molar-refractivity contribution in [1.82, 2.24) is 15.2 Å². The Labute approximate surface area is 76.3 Å². The van der Waals surface area contributed by atoms with Crippen LogP contribution in [0, 0.1) is 0 Å². The second kappa shape index (κ2) is 5.16. The first kappa shape index (κ1) is 9.54. The van der Waals surface area contributed by atoms with Gasteiger partial charge in [-0.25, -0.2) is 4.98 Å². The standard InChI is InChI=1S/C7H14N4S/c1-2-12-5-7-9-6(3-4-8)10-11-7/h2-5,8H2,1H3,(H,9,10,11). The highest BCUT2D eigenvalue weighted by Gasteiger charge is 2.00. The minimum absolute atomic E-state index is 0.609. The van der Waals surface area contributed by atoms with Gasteiger partial charge < -0.3 is 5.73 Å². The Morgan fingerprint density at radius 1 is 1.58 bits per heavy atom. The van der Waals surface area contributed by atoms with Crippen LogP contribution in [-0.4, -0.2) is 27.5 Å². The van der Waals surface area contributed by atoms with Gasteiger partial charge in [-0.1, -0.05) is 6.92 Å². The number of nitrogens with two attached hydrogens (primary N) is 1. The highest BCUT2D eigenvalue weighted by atomic mass is 32.2. The maximum atomic E-state index is 5.37. The van der Waals surface area contributed by atoms with Crippen LogP contribution in [0.5, 0.6) is 0 Å². The first-order chi connectivity index (χ1) is 5.86. The Hall–Kier alpha value is -0.550. The molecule has 5 heteroatoms. The van der Waals surface area contributed by atoms with Crippen LogP contribution >= 0.6 is 11.8 Å². The first-order valence-corrected chi connectivity index (χ1v) is 5.20. The predicted octanol–water partition coefficient (Wildman–Crippen LogP) is 0.559. The summed E-state index contributed by atoms with van der Waals surface area (Å²) in [5.41, 5.74) is 5.37. The van der Waals surface area contributed by atoms with Gasteiger partial charge in [-0.15, -0.1) is 0 Å². The SMILES string of the molecule is CCSCc1nc(CCN)n[nH]1. The molecule has 1 rings (SSSR count). The minimum Gasteiger partial charge on any atom is -0.330 e. The normalized spacial score (nSPS) is 10.5. The summed E-state index contributed by atoms with van der Waals surface area (Å²) in [6.07, 6.45) is 0.757. The largest absolute Gasteiger partial charge is 0.330 e. The minimum atomic E-state index is 0.609. The fourth-order valence-electron chi connectivity index (χ4n) is 0.839. The van der Waals surface area contributed by atoms with Crippen LogP contribution in [0.3, 0.4) is 0 Å². The molecule has 4 nitrogen and oxygen atoms in total. The maximum absolute atomic E-state index is 5.37. The summed E-state index contributed by atoms with van der Waals surface area (Å²) in [6.45, 7) is 2.74. The lowest BCUT2D eigenvalue weighted by Crippen LogP contribution is -2.03. The number of aromatic amines is 1. The molecule has 0 aliphatic carbocycles. The van der Waals surface area contributed by atoms with E-state index in [0.717, 1.165) is 29.6 Å². The van der Waals surface area contributed by atoms with Crippen LogP contribution in [0.4, 0.5) is 0 Å². The summed E-state index contributed by atoms with van der Waals surface area (Å²) in [5.74, 6) is 3.79. The number of thioether (sulfide) groups is 1. The molecule has 1 aromatic heterocycles. The molecule has 0 unspecified atom stereocenters. The molecule has 12 heavy (non-hydrogen) atoms. The van der Waals surface area contributed by atoms with Crippen molar-refractivity contribution in [3.63, 3.8) is 0 Å². The van der Waals surface area contributed by atoms with E-state index in [1.54, 1.807) is 0 Å². The first-order valence-electron chi connectivity index (χ1n) is 4.04. The highest BCUT2D eigenvalue weighted by Crippen LogP contribution is 2.06. The predicted molar refractivity (Wildman–Crippen MR) is 51.0 cm³/mol. The molecular formula is C7H14N4S. The van der Waals surface area contributed by atoms with Crippen LogP contribution in [0.15, 0.2) is 0 Å². The molecule has 0 saturated carbocycles. The van der Waals surface area contributed by atoms with Crippen molar-refractivity contribution in [2.75, 3.05) is 12.3 Å². The molecule has 0 amide bonds. The van der Waals surface area contributed by atoms with Crippen molar-refractivity contribution in [2.24, 2.45) is 5.73 Å². The van der Waals surface area contributed by atoms with E-state index in [1.165, 1.54) is 0 Å². The van der Waals surface area contributed by atoms with Gasteiger partial charge in [0.05, 0.1) is 5.75 Å². The van der Waals surface area contributed by atoms with Crippen LogP contribution in [-0.2, 0) is 12.2 Å². The quantitative estimate of drug-likeness (QED) is 0.705. The van der Waals surface area contributed by atoms with E-state index in [-0.39, 0.29) is 0 Å². The average Bonchev–Trinajstić information content (AvgIpc) is 2.50. The number of aromatic nitrogens is 3. The smallest absolute Gasteiger partial charge is 0.151 e. The van der Waals surface area contributed by atoms with Gasteiger partial charge in [0.2, 0.25) is 0 Å². The molecule has 0 radical (unpaired) electrons. The van der Waals surface area contributed by atoms with E-state index in [0.29, 0.717) is 6.54 Å². The van der Waals surface area contributed by atoms with E-state index < -0.39 is 0 Å². The number of hydrogen-bond acceptors (Lipinski definition) is 4. The zero-order valence-corrected chi connectivity index (χ0v) is 8.02. The number of nitrogens with zero attached hydrogens (tertiary/aromatic N) is 2. The van der Waals surface area contributed by atoms with Gasteiger partial charge in [-0.2, -0.15) is 16.9 Å². The molecule has 1 heterocycles. The zero-order chi connectivity index (χ0) is 8.81. The summed E-state index contributed by atoms with van der Waals surface area (Å²) in [6, 6.07) is 0. The van der Waals surface area contributed by atoms with E-state index in [2.05, 4.69) is 22.1 Å². The summed E-state index contributed by atoms with van der Waals surface area (Å²) >= 11 is 1.83. The van der Waals surface area contributed by atoms with Crippen molar-refractivity contribution >= 4 is 11.8 Å². The Kier molecular flexibility index (Phi) is 4.10. The van der Waals surface area contributed by atoms with E-state index in [4.69, 9.17) is 5.73 Å². The number of rotatable bonds is 5. The fraction of sp³-hybridized carbons (Fsp3) is 0.714. The molecule has 0 saturated heterocycles. The topological polar surface area (TPSA) is 67.6 Å². The second-order valence-corrected chi connectivity index (χ2v) is 3.65. The molecule has 3 N–H and O–H groups in total. The van der Waals surface area contributed by atoms with Gasteiger partial charge in [0, 0.05) is 6.42 Å². The summed E-state index contributed by atoms with van der Waals surface area (Å²) in [5, 5.41) is 6.92. The van der Waals surface area contributed by atoms with Crippen molar-refractivity contribution in [3.05, 3.63) is 11.6 Å². The molecule has 0 spiro atoms. The molecule has 68 valence electrons. The van der Waals surface area contributed by atoms with Gasteiger partial charge >= 0.3 is 0 Å². The van der Waals surface area contributed by atoms with Crippen LogP contribution in [0.2, 0.25) is 0 Å². The van der Waals surface area contributed by atoms with Gasteiger partial charge in [0.1, 0.15) is 5.82 Å². The molecule has 0 bridgehead atoms. The summed E-state index contributed by atoms with van der Waals surface area (Å²) in [7, 11) is 0. The van der Waals surface area contributed by atoms with Crippen molar-refractivity contribution in [3.8, 4) is 0 Å². The lowest BCUT2D eigenvalue weighted by atomic mass is 10.4. The van der Waals surface area contributed by atoms with Gasteiger partial charge in [0.15, 0.2) is 5.82 Å². The Morgan fingerprint density at radius 2 is 2.42 bits per heavy atom. The maximum Gasteiger partial charge on any atom is 0.151 e. The molecule has 0 aliphatic heterocycles. The molecule has 0 fully saturated rings. The third kappa shape index (κ3) is 2.83. The van der Waals surface area contributed by atoms with E-state index >= 15 is 0 Å². The van der Waals surface area contributed by atoms with Crippen molar-refractivity contribution in [1.29, 1.82) is 0 Å². The van der Waals surface area contributed by atoms with Crippen LogP contribution in [0.1, 0.15) is 18.6 Å². The lowest BCUT2D eigenvalue weighted by Gasteiger charge is -1.90. The summed E-state index contributed by atoms with van der Waals surface area (Å²) in [4.78, 5) is 4.27. The Balaban J connectivity index is 2.41. The van der Waals surface area contributed by atoms with Crippen molar-refractivity contribution < 1.29 is 0 Å². The fourth-order valence-corrected chi connectivity index (χ4v) is 1.37. The molecule has 0 aromatic carbocycles. The Morgan fingerprint density at radius 3 is 3.08 bits per heavy atom. The average molecular weight is 186 g/mol. The van der Waals surface area contributed by atoms with E-state index in [1.807, 2.05) is 11.8 Å². The summed E-state index contributed by atoms with van der Waals surface area (Å²) < 4.78 is 0. The third-order valence-corrected chi connectivity index (χ3v) is 2.27. The molecule has 0 atom stereocenters. The van der Waals surface area contributed by atoms with Crippen LogP contribution < -0.4 is 5.73 Å². The zero-order valence-electron chi connectivity index (χ0n) is 7.21. The highest BCUT2D eigenvalue weighted by molar-refractivity contribution is 7.98. The monoisotopic (exact) mass is 186 g/mol. The Bertz CT molecular complexity index is 223. The number of H-pyrrole nitrogens is 1. The van der Waals surface area contributed by atoms with E-state index in [9.17, 15) is 0 Å². The molecular weight excluding hydrogens is 172 g/mol. The third-order valence-electron chi connectivity index (χ3n) is 1.39. The number of nitrogens with one attached hydrogen (secondary N) is 1.